The lowest BCUT2D eigenvalue weighted by molar-refractivity contribution is -0.139. The van der Waals surface area contributed by atoms with Crippen molar-refractivity contribution in [2.75, 3.05) is 11.9 Å². The second-order valence-electron chi connectivity index (χ2n) is 5.26. The van der Waals surface area contributed by atoms with Gasteiger partial charge in [-0.2, -0.15) is 18.2 Å². The fourth-order valence-electron chi connectivity index (χ4n) is 1.88. The number of hydrogen-bond donors (Lipinski definition) is 0. The Labute approximate surface area is 137 Å². The van der Waals surface area contributed by atoms with Gasteiger partial charge in [0.05, 0.1) is 6.10 Å². The highest BCUT2D eigenvalue weighted by Crippen LogP contribution is 2.36. The Kier molecular flexibility index (Phi) is 5.26. The SMILES string of the molecule is CCC(C)Oc1nc(N(C)c2cccc(F)c2)ncc1C(F)(F)F. The second kappa shape index (κ2) is 7.02. The maximum absolute atomic E-state index is 13.3. The average Bonchev–Trinajstić information content (AvgIpc) is 2.52. The molecule has 2 rings (SSSR count). The number of alkyl halides is 3. The van der Waals surface area contributed by atoms with Crippen molar-refractivity contribution in [2.45, 2.75) is 32.5 Å². The molecule has 0 fully saturated rings. The van der Waals surface area contributed by atoms with Crippen LogP contribution < -0.4 is 9.64 Å². The summed E-state index contributed by atoms with van der Waals surface area (Å²) in [6.07, 6.45) is -3.86. The molecule has 0 amide bonds. The fraction of sp³-hybridized carbons (Fsp3) is 0.375. The van der Waals surface area contributed by atoms with Crippen LogP contribution in [-0.2, 0) is 6.18 Å². The van der Waals surface area contributed by atoms with Gasteiger partial charge in [0, 0.05) is 18.9 Å². The van der Waals surface area contributed by atoms with Gasteiger partial charge in [0.2, 0.25) is 11.8 Å². The molecule has 0 aliphatic carbocycles. The average molecular weight is 343 g/mol. The van der Waals surface area contributed by atoms with E-state index in [4.69, 9.17) is 4.74 Å². The van der Waals surface area contributed by atoms with Crippen LogP contribution >= 0.6 is 0 Å². The molecule has 0 N–H and O–H groups in total. The molecule has 1 atom stereocenters. The standard InChI is InChI=1S/C16H17F4N3O/c1-4-10(2)24-14-13(16(18,19)20)9-21-15(22-14)23(3)12-7-5-6-11(17)8-12/h5-10H,4H2,1-3H3. The lowest BCUT2D eigenvalue weighted by atomic mass is 10.3. The zero-order valence-electron chi connectivity index (χ0n) is 13.4. The van der Waals surface area contributed by atoms with E-state index in [9.17, 15) is 17.6 Å². The molecule has 2 aromatic rings. The van der Waals surface area contributed by atoms with Gasteiger partial charge in [-0.15, -0.1) is 0 Å². The summed E-state index contributed by atoms with van der Waals surface area (Å²) >= 11 is 0. The molecule has 0 aliphatic heterocycles. The first kappa shape index (κ1) is 18.0. The third-order valence-electron chi connectivity index (χ3n) is 3.43. The Morgan fingerprint density at radius 2 is 2.00 bits per heavy atom. The van der Waals surface area contributed by atoms with Crippen LogP contribution in [-0.4, -0.2) is 23.1 Å². The Balaban J connectivity index is 2.43. The number of benzene rings is 1. The van der Waals surface area contributed by atoms with E-state index in [0.717, 1.165) is 0 Å². The number of nitrogens with zero attached hydrogens (tertiary/aromatic N) is 3. The van der Waals surface area contributed by atoms with Crippen LogP contribution in [0.5, 0.6) is 5.88 Å². The number of ether oxygens (including phenoxy) is 1. The monoisotopic (exact) mass is 343 g/mol. The van der Waals surface area contributed by atoms with E-state index in [1.165, 1.54) is 30.1 Å². The van der Waals surface area contributed by atoms with Crippen molar-refractivity contribution in [3.63, 3.8) is 0 Å². The van der Waals surface area contributed by atoms with Crippen molar-refractivity contribution in [3.8, 4) is 5.88 Å². The molecule has 0 spiro atoms. The predicted octanol–water partition coefficient (Wildman–Crippen LogP) is 4.58. The van der Waals surface area contributed by atoms with Gasteiger partial charge in [-0.25, -0.2) is 9.37 Å². The van der Waals surface area contributed by atoms with Crippen molar-refractivity contribution < 1.29 is 22.3 Å². The van der Waals surface area contributed by atoms with E-state index >= 15 is 0 Å². The first-order valence-electron chi connectivity index (χ1n) is 7.32. The molecule has 1 aromatic heterocycles. The van der Waals surface area contributed by atoms with E-state index in [2.05, 4.69) is 9.97 Å². The Morgan fingerprint density at radius 3 is 2.58 bits per heavy atom. The van der Waals surface area contributed by atoms with E-state index in [1.807, 2.05) is 0 Å². The summed E-state index contributed by atoms with van der Waals surface area (Å²) in [6, 6.07) is 5.58. The molecule has 130 valence electrons. The minimum Gasteiger partial charge on any atom is -0.474 e. The highest BCUT2D eigenvalue weighted by atomic mass is 19.4. The fourth-order valence-corrected chi connectivity index (χ4v) is 1.88. The first-order chi connectivity index (χ1) is 11.2. The number of anilines is 2. The summed E-state index contributed by atoms with van der Waals surface area (Å²) in [5, 5.41) is 0. The van der Waals surface area contributed by atoms with E-state index in [-0.39, 0.29) is 5.95 Å². The normalized spacial score (nSPS) is 12.8. The van der Waals surface area contributed by atoms with Gasteiger partial charge in [0.25, 0.3) is 0 Å². The molecule has 0 radical (unpaired) electrons. The van der Waals surface area contributed by atoms with Crippen LogP contribution in [0.25, 0.3) is 0 Å². The van der Waals surface area contributed by atoms with Gasteiger partial charge in [0.15, 0.2) is 0 Å². The maximum Gasteiger partial charge on any atom is 0.423 e. The number of rotatable bonds is 5. The zero-order chi connectivity index (χ0) is 17.9. The summed E-state index contributed by atoms with van der Waals surface area (Å²) in [6.45, 7) is 3.44. The topological polar surface area (TPSA) is 38.2 Å². The summed E-state index contributed by atoms with van der Waals surface area (Å²) in [5.74, 6) is -1.03. The van der Waals surface area contributed by atoms with E-state index < -0.39 is 29.5 Å². The van der Waals surface area contributed by atoms with Crippen molar-refractivity contribution in [1.29, 1.82) is 0 Å². The summed E-state index contributed by atoms with van der Waals surface area (Å²) in [7, 11) is 1.53. The minimum absolute atomic E-state index is 0.0214. The van der Waals surface area contributed by atoms with Gasteiger partial charge in [-0.3, -0.25) is 0 Å². The van der Waals surface area contributed by atoms with Gasteiger partial charge in [-0.1, -0.05) is 13.0 Å². The highest BCUT2D eigenvalue weighted by molar-refractivity contribution is 5.56. The Morgan fingerprint density at radius 1 is 1.29 bits per heavy atom. The van der Waals surface area contributed by atoms with Gasteiger partial charge in [0.1, 0.15) is 11.4 Å². The molecule has 0 aliphatic rings. The van der Waals surface area contributed by atoms with Crippen molar-refractivity contribution in [1.82, 2.24) is 9.97 Å². The third kappa shape index (κ3) is 4.12. The largest absolute Gasteiger partial charge is 0.474 e. The number of hydrogen-bond acceptors (Lipinski definition) is 4. The quantitative estimate of drug-likeness (QED) is 0.745. The van der Waals surface area contributed by atoms with E-state index in [0.29, 0.717) is 18.3 Å². The van der Waals surface area contributed by atoms with Crippen molar-refractivity contribution in [2.24, 2.45) is 0 Å². The smallest absolute Gasteiger partial charge is 0.423 e. The van der Waals surface area contributed by atoms with Crippen molar-refractivity contribution in [3.05, 3.63) is 41.8 Å². The third-order valence-corrected chi connectivity index (χ3v) is 3.43. The molecule has 1 heterocycles. The molecule has 1 aromatic carbocycles. The van der Waals surface area contributed by atoms with Crippen LogP contribution in [0.3, 0.4) is 0 Å². The molecule has 8 heteroatoms. The van der Waals surface area contributed by atoms with Gasteiger partial charge < -0.3 is 9.64 Å². The summed E-state index contributed by atoms with van der Waals surface area (Å²) in [4.78, 5) is 9.00. The second-order valence-corrected chi connectivity index (χ2v) is 5.26. The molecule has 4 nitrogen and oxygen atoms in total. The van der Waals surface area contributed by atoms with Crippen molar-refractivity contribution >= 4 is 11.6 Å². The van der Waals surface area contributed by atoms with Crippen LogP contribution in [0.1, 0.15) is 25.8 Å². The summed E-state index contributed by atoms with van der Waals surface area (Å²) < 4.78 is 57.9. The molecular weight excluding hydrogens is 326 g/mol. The Hall–Kier alpha value is -2.38. The molecule has 1 unspecified atom stereocenters. The van der Waals surface area contributed by atoms with Crippen LogP contribution in [0, 0.1) is 5.82 Å². The number of halogens is 4. The van der Waals surface area contributed by atoms with Crippen LogP contribution in [0.15, 0.2) is 30.5 Å². The van der Waals surface area contributed by atoms with Gasteiger partial charge in [-0.05, 0) is 31.5 Å². The minimum atomic E-state index is -4.63. The van der Waals surface area contributed by atoms with E-state index in [1.54, 1.807) is 19.9 Å². The lowest BCUT2D eigenvalue weighted by Crippen LogP contribution is -2.19. The Bertz CT molecular complexity index is 706. The van der Waals surface area contributed by atoms with Gasteiger partial charge >= 0.3 is 6.18 Å². The molecule has 0 bridgehead atoms. The predicted molar refractivity (Wildman–Crippen MR) is 81.9 cm³/mol. The lowest BCUT2D eigenvalue weighted by Gasteiger charge is -2.21. The summed E-state index contributed by atoms with van der Waals surface area (Å²) in [5.41, 5.74) is -0.636. The first-order valence-corrected chi connectivity index (χ1v) is 7.32. The highest BCUT2D eigenvalue weighted by Gasteiger charge is 2.37. The molecule has 24 heavy (non-hydrogen) atoms. The zero-order valence-corrected chi connectivity index (χ0v) is 13.4. The van der Waals surface area contributed by atoms with Crippen LogP contribution in [0.2, 0.25) is 0 Å². The molecule has 0 saturated carbocycles. The maximum atomic E-state index is 13.3. The molecular formula is C16H17F4N3O. The number of aromatic nitrogens is 2. The van der Waals surface area contributed by atoms with Crippen LogP contribution in [0.4, 0.5) is 29.2 Å². The molecule has 0 saturated heterocycles.